The first-order valence-electron chi connectivity index (χ1n) is 7.89. The second kappa shape index (κ2) is 6.49. The van der Waals surface area contributed by atoms with E-state index in [0.29, 0.717) is 23.0 Å². The average Bonchev–Trinajstić information content (AvgIpc) is 3.23. The molecule has 0 amide bonds. The second-order valence-electron chi connectivity index (χ2n) is 6.12. The number of epoxide rings is 1. The highest BCUT2D eigenvalue weighted by Crippen LogP contribution is 2.36. The van der Waals surface area contributed by atoms with Crippen molar-refractivity contribution in [2.45, 2.75) is 75.2 Å². The molecule has 0 aromatic heterocycles. The van der Waals surface area contributed by atoms with Crippen molar-refractivity contribution in [2.75, 3.05) is 0 Å². The van der Waals surface area contributed by atoms with E-state index in [4.69, 9.17) is 4.74 Å². The van der Waals surface area contributed by atoms with Gasteiger partial charge in [0.2, 0.25) is 0 Å². The molecule has 0 N–H and O–H groups in total. The van der Waals surface area contributed by atoms with Crippen LogP contribution >= 0.6 is 0 Å². The van der Waals surface area contributed by atoms with Gasteiger partial charge in [0.15, 0.2) is 9.84 Å². The fourth-order valence-electron chi connectivity index (χ4n) is 2.77. The molecule has 1 saturated heterocycles. The predicted molar refractivity (Wildman–Crippen MR) is 85.4 cm³/mol. The van der Waals surface area contributed by atoms with Crippen molar-refractivity contribution in [1.82, 2.24) is 0 Å². The molecular weight excluding hydrogens is 284 g/mol. The molecule has 1 aliphatic heterocycles. The molecule has 0 radical (unpaired) electrons. The van der Waals surface area contributed by atoms with Crippen molar-refractivity contribution in [3.63, 3.8) is 0 Å². The van der Waals surface area contributed by atoms with E-state index in [9.17, 15) is 8.42 Å². The first-order chi connectivity index (χ1) is 9.90. The molecule has 2 rings (SSSR count). The predicted octanol–water partition coefficient (Wildman–Crippen LogP) is 3.93. The summed E-state index contributed by atoms with van der Waals surface area (Å²) in [5.41, 5.74) is 1.21. The number of hydrogen-bond acceptors (Lipinski definition) is 3. The molecule has 1 aromatic rings. The molecule has 1 aromatic carbocycles. The Balaban J connectivity index is 2.10. The Morgan fingerprint density at radius 1 is 1.10 bits per heavy atom. The summed E-state index contributed by atoms with van der Waals surface area (Å²) in [6.45, 7) is 7.75. The van der Waals surface area contributed by atoms with E-state index < -0.39 is 9.84 Å². The number of rotatable bonds is 7. The minimum atomic E-state index is -3.17. The summed E-state index contributed by atoms with van der Waals surface area (Å²) in [6.07, 6.45) is 3.98. The normalized spacial score (nSPS) is 23.3. The number of benzene rings is 1. The minimum absolute atomic E-state index is 0.379. The molecule has 3 atom stereocenters. The van der Waals surface area contributed by atoms with Crippen LogP contribution in [0, 0.1) is 0 Å². The molecule has 0 bridgehead atoms. The smallest absolute Gasteiger partial charge is 0.180 e. The van der Waals surface area contributed by atoms with Gasteiger partial charge in [0.05, 0.1) is 22.4 Å². The lowest BCUT2D eigenvalue weighted by Crippen LogP contribution is -2.14. The quantitative estimate of drug-likeness (QED) is 0.717. The molecule has 4 heteroatoms. The van der Waals surface area contributed by atoms with Gasteiger partial charge in [0, 0.05) is 0 Å². The zero-order chi connectivity index (χ0) is 15.6. The van der Waals surface area contributed by atoms with E-state index in [0.717, 1.165) is 19.3 Å². The largest absolute Gasteiger partial charge is 0.370 e. The first-order valence-corrected chi connectivity index (χ1v) is 9.44. The number of sulfone groups is 1. The fourth-order valence-corrected chi connectivity index (χ4v) is 3.83. The molecule has 1 aliphatic rings. The Kier molecular flexibility index (Phi) is 5.10. The third-order valence-corrected chi connectivity index (χ3v) is 6.57. The third kappa shape index (κ3) is 3.67. The van der Waals surface area contributed by atoms with E-state index >= 15 is 0 Å². The van der Waals surface area contributed by atoms with Gasteiger partial charge in [-0.3, -0.25) is 0 Å². The van der Waals surface area contributed by atoms with Crippen LogP contribution in [0.2, 0.25) is 0 Å². The standard InChI is InChI=1S/C17H26O3S/c1-5-13(11-17-16(6-2)20-17)14-7-9-15(10-8-14)21(18,19)12(3)4/h7-10,12-13,16-17H,5-6,11H2,1-4H3. The fraction of sp³-hybridized carbons (Fsp3) is 0.647. The van der Waals surface area contributed by atoms with E-state index in [1.54, 1.807) is 26.0 Å². The molecular formula is C17H26O3S. The van der Waals surface area contributed by atoms with Crippen LogP contribution in [0.4, 0.5) is 0 Å². The lowest BCUT2D eigenvalue weighted by atomic mass is 9.91. The highest BCUT2D eigenvalue weighted by molar-refractivity contribution is 7.92. The molecule has 0 aliphatic carbocycles. The van der Waals surface area contributed by atoms with Crippen LogP contribution in [0.1, 0.15) is 58.4 Å². The first kappa shape index (κ1) is 16.5. The van der Waals surface area contributed by atoms with Gasteiger partial charge in [-0.05, 0) is 56.7 Å². The lowest BCUT2D eigenvalue weighted by Gasteiger charge is -2.15. The monoisotopic (exact) mass is 310 g/mol. The summed E-state index contributed by atoms with van der Waals surface area (Å²) in [5.74, 6) is 0.447. The van der Waals surface area contributed by atoms with Crippen molar-refractivity contribution >= 4 is 9.84 Å². The molecule has 1 heterocycles. The zero-order valence-electron chi connectivity index (χ0n) is 13.4. The van der Waals surface area contributed by atoms with E-state index in [-0.39, 0.29) is 5.25 Å². The Morgan fingerprint density at radius 3 is 2.14 bits per heavy atom. The lowest BCUT2D eigenvalue weighted by molar-refractivity contribution is 0.349. The maximum absolute atomic E-state index is 12.1. The summed E-state index contributed by atoms with van der Waals surface area (Å²) < 4.78 is 29.9. The highest BCUT2D eigenvalue weighted by Gasteiger charge is 2.38. The van der Waals surface area contributed by atoms with Crippen molar-refractivity contribution in [2.24, 2.45) is 0 Å². The highest BCUT2D eigenvalue weighted by atomic mass is 32.2. The van der Waals surface area contributed by atoms with Crippen LogP contribution in [0.15, 0.2) is 29.2 Å². The summed E-state index contributed by atoms with van der Waals surface area (Å²) >= 11 is 0. The van der Waals surface area contributed by atoms with Gasteiger partial charge >= 0.3 is 0 Å². The van der Waals surface area contributed by atoms with Crippen molar-refractivity contribution in [1.29, 1.82) is 0 Å². The van der Waals surface area contributed by atoms with Crippen molar-refractivity contribution < 1.29 is 13.2 Å². The van der Waals surface area contributed by atoms with Crippen LogP contribution < -0.4 is 0 Å². The molecule has 0 spiro atoms. The van der Waals surface area contributed by atoms with Crippen LogP contribution in [0.3, 0.4) is 0 Å². The van der Waals surface area contributed by atoms with E-state index in [1.807, 2.05) is 12.1 Å². The Bertz CT molecular complexity index is 560. The van der Waals surface area contributed by atoms with Gasteiger partial charge in [0.1, 0.15) is 0 Å². The molecule has 0 saturated carbocycles. The molecule has 3 unspecified atom stereocenters. The Hall–Kier alpha value is -0.870. The van der Waals surface area contributed by atoms with Crippen LogP contribution in [0.5, 0.6) is 0 Å². The van der Waals surface area contributed by atoms with Crippen LogP contribution in [-0.2, 0) is 14.6 Å². The topological polar surface area (TPSA) is 46.7 Å². The summed E-state index contributed by atoms with van der Waals surface area (Å²) in [7, 11) is -3.17. The molecule has 118 valence electrons. The van der Waals surface area contributed by atoms with Crippen LogP contribution in [0.25, 0.3) is 0 Å². The molecule has 3 nitrogen and oxygen atoms in total. The van der Waals surface area contributed by atoms with E-state index in [2.05, 4.69) is 13.8 Å². The average molecular weight is 310 g/mol. The van der Waals surface area contributed by atoms with Gasteiger partial charge in [-0.2, -0.15) is 0 Å². The maximum atomic E-state index is 12.1. The van der Waals surface area contributed by atoms with Crippen molar-refractivity contribution in [3.8, 4) is 0 Å². The zero-order valence-corrected chi connectivity index (χ0v) is 14.2. The molecule has 21 heavy (non-hydrogen) atoms. The Morgan fingerprint density at radius 2 is 1.71 bits per heavy atom. The molecule has 1 fully saturated rings. The second-order valence-corrected chi connectivity index (χ2v) is 8.63. The summed E-state index contributed by atoms with van der Waals surface area (Å²) in [4.78, 5) is 0.421. The minimum Gasteiger partial charge on any atom is -0.370 e. The van der Waals surface area contributed by atoms with Gasteiger partial charge < -0.3 is 4.74 Å². The van der Waals surface area contributed by atoms with Gasteiger partial charge in [0.25, 0.3) is 0 Å². The Labute approximate surface area is 128 Å². The van der Waals surface area contributed by atoms with E-state index in [1.165, 1.54) is 5.56 Å². The van der Waals surface area contributed by atoms with Gasteiger partial charge in [-0.1, -0.05) is 26.0 Å². The third-order valence-electron chi connectivity index (χ3n) is 4.40. The number of ether oxygens (including phenoxy) is 1. The summed E-state index contributed by atoms with van der Waals surface area (Å²) in [5, 5.41) is -0.379. The SMILES string of the molecule is CCC(CC1OC1CC)c1ccc(S(=O)(=O)C(C)C)cc1. The van der Waals surface area contributed by atoms with Gasteiger partial charge in [-0.15, -0.1) is 0 Å². The number of hydrogen-bond donors (Lipinski definition) is 0. The maximum Gasteiger partial charge on any atom is 0.180 e. The van der Waals surface area contributed by atoms with Crippen LogP contribution in [-0.4, -0.2) is 25.9 Å². The summed E-state index contributed by atoms with van der Waals surface area (Å²) in [6, 6.07) is 7.43. The van der Waals surface area contributed by atoms with Crippen molar-refractivity contribution in [3.05, 3.63) is 29.8 Å². The van der Waals surface area contributed by atoms with Gasteiger partial charge in [-0.25, -0.2) is 8.42 Å².